The number of furan rings is 1. The highest BCUT2D eigenvalue weighted by Crippen LogP contribution is 2.36. The van der Waals surface area contributed by atoms with Crippen LogP contribution in [0.15, 0.2) is 199 Å². The van der Waals surface area contributed by atoms with Gasteiger partial charge in [-0.1, -0.05) is 158 Å². The van der Waals surface area contributed by atoms with Crippen molar-refractivity contribution in [3.63, 3.8) is 0 Å². The maximum atomic E-state index is 6.33. The van der Waals surface area contributed by atoms with E-state index in [0.29, 0.717) is 5.71 Å². The first-order chi connectivity index (χ1) is 25.3. The minimum Gasteiger partial charge on any atom is -0.438 e. The first-order valence-electron chi connectivity index (χ1n) is 17.4. The summed E-state index contributed by atoms with van der Waals surface area (Å²) >= 11 is 0. The van der Waals surface area contributed by atoms with Crippen LogP contribution in [0.4, 0.5) is 0 Å². The molecular formula is C47H32N2OSi. The molecule has 0 radical (unpaired) electrons. The molecule has 51 heavy (non-hydrogen) atoms. The molecule has 3 heterocycles. The predicted octanol–water partition coefficient (Wildman–Crippen LogP) is 9.12. The Bertz CT molecular complexity index is 2710. The Morgan fingerprint density at radius 3 is 1.55 bits per heavy atom. The van der Waals surface area contributed by atoms with Gasteiger partial charge in [-0.25, -0.2) is 4.98 Å². The highest BCUT2D eigenvalue weighted by atomic mass is 28.3. The Morgan fingerprint density at radius 1 is 0.412 bits per heavy atom. The number of hydrogen-bond donors (Lipinski definition) is 0. The van der Waals surface area contributed by atoms with Gasteiger partial charge in [-0.15, -0.1) is 0 Å². The van der Waals surface area contributed by atoms with Crippen molar-refractivity contribution in [3.05, 3.63) is 194 Å². The lowest BCUT2D eigenvalue weighted by Crippen LogP contribution is -2.74. The number of nitrogens with zero attached hydrogens (tertiary/aromatic N) is 2. The van der Waals surface area contributed by atoms with Crippen molar-refractivity contribution in [2.24, 2.45) is 0 Å². The maximum absolute atomic E-state index is 6.33. The minimum atomic E-state index is -2.66. The zero-order valence-electron chi connectivity index (χ0n) is 27.8. The van der Waals surface area contributed by atoms with Gasteiger partial charge in [0.25, 0.3) is 0 Å². The van der Waals surface area contributed by atoms with Crippen molar-refractivity contribution in [1.82, 2.24) is 9.55 Å². The van der Waals surface area contributed by atoms with Crippen LogP contribution < -0.4 is 20.7 Å². The van der Waals surface area contributed by atoms with Gasteiger partial charge in [-0.2, -0.15) is 0 Å². The lowest BCUT2D eigenvalue weighted by atomic mass is 10.0. The molecule has 0 saturated carbocycles. The van der Waals surface area contributed by atoms with Crippen LogP contribution in [0, 0.1) is 0 Å². The summed E-state index contributed by atoms with van der Waals surface area (Å²) < 4.78 is 8.64. The van der Waals surface area contributed by atoms with Crippen LogP contribution in [0.3, 0.4) is 0 Å². The third-order valence-corrected chi connectivity index (χ3v) is 15.2. The van der Waals surface area contributed by atoms with E-state index in [1.54, 1.807) is 0 Å². The second-order valence-corrected chi connectivity index (χ2v) is 17.0. The lowest BCUT2D eigenvalue weighted by Gasteiger charge is -2.34. The molecule has 0 atom stereocenters. The largest absolute Gasteiger partial charge is 0.438 e. The normalized spacial score (nSPS) is 11.9. The fraction of sp³-hybridized carbons (Fsp3) is 0. The van der Waals surface area contributed by atoms with Gasteiger partial charge in [0.05, 0.1) is 28.3 Å². The molecule has 7 aromatic carbocycles. The van der Waals surface area contributed by atoms with Gasteiger partial charge < -0.3 is 8.98 Å². The van der Waals surface area contributed by atoms with E-state index in [-0.39, 0.29) is 0 Å². The molecule has 0 saturated heterocycles. The van der Waals surface area contributed by atoms with Crippen molar-refractivity contribution >= 4 is 72.7 Å². The Kier molecular flexibility index (Phi) is 6.83. The molecule has 0 aliphatic heterocycles. The average molecular weight is 669 g/mol. The zero-order valence-corrected chi connectivity index (χ0v) is 28.8. The molecule has 0 aliphatic carbocycles. The summed E-state index contributed by atoms with van der Waals surface area (Å²) in [4.78, 5) is 4.86. The van der Waals surface area contributed by atoms with Crippen LogP contribution in [0.2, 0.25) is 0 Å². The molecular weight excluding hydrogens is 637 g/mol. The van der Waals surface area contributed by atoms with E-state index in [1.165, 1.54) is 37.1 Å². The third-order valence-electron chi connectivity index (χ3n) is 10.4. The molecule has 10 rings (SSSR count). The molecule has 3 aromatic heterocycles. The number of benzene rings is 7. The summed E-state index contributed by atoms with van der Waals surface area (Å²) in [5.74, 6) is 0. The molecule has 240 valence electrons. The number of para-hydroxylation sites is 2. The van der Waals surface area contributed by atoms with Crippen molar-refractivity contribution in [1.29, 1.82) is 0 Å². The number of hydrogen-bond acceptors (Lipinski definition) is 2. The molecule has 0 N–H and O–H groups in total. The minimum absolute atomic E-state index is 0.643. The van der Waals surface area contributed by atoms with Crippen molar-refractivity contribution in [3.8, 4) is 16.8 Å². The summed E-state index contributed by atoms with van der Waals surface area (Å²) in [6.45, 7) is 0. The van der Waals surface area contributed by atoms with E-state index in [1.807, 2.05) is 6.20 Å². The molecule has 10 aromatic rings. The molecule has 0 aliphatic rings. The molecule has 3 nitrogen and oxygen atoms in total. The standard InChI is InChI=1S/C47H32N2OSi/c1-4-16-36(17-5-1)51(37-18-6-2-7-19-37,38-20-8-3-9-21-38)39-22-14-15-33(29-39)34-27-28-46-42(30-34)43-31-35(32-48-47(43)50-46)49-44-25-12-10-23-40(44)41-24-11-13-26-45(41)49/h1-32H. The first kappa shape index (κ1) is 29.4. The van der Waals surface area contributed by atoms with E-state index in [0.717, 1.165) is 38.6 Å². The molecule has 0 spiro atoms. The Balaban J connectivity index is 1.16. The molecule has 0 fully saturated rings. The van der Waals surface area contributed by atoms with Gasteiger partial charge in [-0.3, -0.25) is 0 Å². The SMILES string of the molecule is c1ccc([Si](c2ccccc2)(c2ccccc2)c2cccc(-c3ccc4oc5ncc(-n6c7ccccc7c7ccccc76)cc5c4c3)c2)cc1. The molecule has 4 heteroatoms. The quantitative estimate of drug-likeness (QED) is 0.131. The predicted molar refractivity (Wildman–Crippen MR) is 215 cm³/mol. The van der Waals surface area contributed by atoms with Gasteiger partial charge in [0.15, 0.2) is 8.07 Å². The number of rotatable bonds is 6. The molecule has 0 unspecified atom stereocenters. The van der Waals surface area contributed by atoms with Crippen LogP contribution >= 0.6 is 0 Å². The second-order valence-electron chi connectivity index (χ2n) is 13.2. The summed E-state index contributed by atoms with van der Waals surface area (Å²) in [5, 5.41) is 9.95. The highest BCUT2D eigenvalue weighted by molar-refractivity contribution is 7.19. The van der Waals surface area contributed by atoms with Crippen LogP contribution in [-0.4, -0.2) is 17.6 Å². The number of fused-ring (bicyclic) bond motifs is 6. The zero-order chi connectivity index (χ0) is 33.8. The molecule has 0 bridgehead atoms. The highest BCUT2D eigenvalue weighted by Gasteiger charge is 2.41. The van der Waals surface area contributed by atoms with E-state index in [9.17, 15) is 0 Å². The van der Waals surface area contributed by atoms with E-state index in [2.05, 4.69) is 193 Å². The van der Waals surface area contributed by atoms with E-state index >= 15 is 0 Å². The smallest absolute Gasteiger partial charge is 0.227 e. The Labute approximate surface area is 296 Å². The summed E-state index contributed by atoms with van der Waals surface area (Å²) in [7, 11) is -2.66. The van der Waals surface area contributed by atoms with Crippen LogP contribution in [0.5, 0.6) is 0 Å². The Morgan fingerprint density at radius 2 is 0.941 bits per heavy atom. The lowest BCUT2D eigenvalue weighted by molar-refractivity contribution is 0.654. The summed E-state index contributed by atoms with van der Waals surface area (Å²) in [6.07, 6.45) is 1.93. The average Bonchev–Trinajstić information content (AvgIpc) is 3.74. The van der Waals surface area contributed by atoms with Gasteiger partial charge in [-0.05, 0) is 62.2 Å². The van der Waals surface area contributed by atoms with Gasteiger partial charge in [0, 0.05) is 16.2 Å². The van der Waals surface area contributed by atoms with Crippen molar-refractivity contribution in [2.75, 3.05) is 0 Å². The van der Waals surface area contributed by atoms with Crippen molar-refractivity contribution < 1.29 is 4.42 Å². The number of aromatic nitrogens is 2. The maximum Gasteiger partial charge on any atom is 0.227 e. The third kappa shape index (κ3) is 4.61. The van der Waals surface area contributed by atoms with Crippen LogP contribution in [0.25, 0.3) is 60.7 Å². The summed E-state index contributed by atoms with van der Waals surface area (Å²) in [6, 6.07) is 68.4. The van der Waals surface area contributed by atoms with Gasteiger partial charge >= 0.3 is 0 Å². The fourth-order valence-electron chi connectivity index (χ4n) is 8.15. The van der Waals surface area contributed by atoms with E-state index < -0.39 is 8.07 Å². The monoisotopic (exact) mass is 668 g/mol. The van der Waals surface area contributed by atoms with E-state index in [4.69, 9.17) is 9.40 Å². The summed E-state index contributed by atoms with van der Waals surface area (Å²) in [5.41, 5.74) is 7.13. The van der Waals surface area contributed by atoms with Crippen molar-refractivity contribution in [2.45, 2.75) is 0 Å². The van der Waals surface area contributed by atoms with Gasteiger partial charge in [0.2, 0.25) is 5.71 Å². The fourth-order valence-corrected chi connectivity index (χ4v) is 12.9. The Hall–Kier alpha value is -6.49. The van der Waals surface area contributed by atoms with Gasteiger partial charge in [0.1, 0.15) is 5.58 Å². The van der Waals surface area contributed by atoms with Crippen LogP contribution in [0.1, 0.15) is 0 Å². The number of pyridine rings is 1. The second kappa shape index (κ2) is 11.8. The first-order valence-corrected chi connectivity index (χ1v) is 19.4. The molecule has 0 amide bonds. The van der Waals surface area contributed by atoms with Crippen LogP contribution in [-0.2, 0) is 0 Å². The topological polar surface area (TPSA) is 31.0 Å².